The van der Waals surface area contributed by atoms with Gasteiger partial charge in [0, 0.05) is 5.56 Å². The number of hydrogen-bond acceptors (Lipinski definition) is 2. The molecule has 2 fully saturated rings. The highest BCUT2D eigenvalue weighted by atomic mass is 14.6. The summed E-state index contributed by atoms with van der Waals surface area (Å²) >= 11 is 0. The van der Waals surface area contributed by atoms with Gasteiger partial charge in [-0.2, -0.15) is 0 Å². The van der Waals surface area contributed by atoms with Crippen LogP contribution in [0.25, 0.3) is 5.57 Å². The SMILES string of the molecule is N=C1C(=N)c2ccccc2C(C2CCCCC2)=C1C1CCCCC1. The first-order chi connectivity index (χ1) is 11.8. The van der Waals surface area contributed by atoms with Crippen LogP contribution in [-0.4, -0.2) is 11.4 Å². The van der Waals surface area contributed by atoms with E-state index in [4.69, 9.17) is 10.8 Å². The second-order valence-electron chi connectivity index (χ2n) is 7.79. The standard InChI is InChI=1S/C22H28N2/c23-21-18-14-8-7-13-17(18)19(15-9-3-1-4-10-15)20(22(21)24)16-11-5-2-6-12-16/h7-8,13-16,23-24H,1-6,9-12H2. The van der Waals surface area contributed by atoms with Gasteiger partial charge in [-0.3, -0.25) is 10.8 Å². The summed E-state index contributed by atoms with van der Waals surface area (Å²) in [6.07, 6.45) is 12.9. The molecule has 3 aliphatic rings. The van der Waals surface area contributed by atoms with Crippen molar-refractivity contribution in [1.29, 1.82) is 10.8 Å². The molecule has 0 saturated heterocycles. The number of nitrogens with one attached hydrogen (secondary N) is 2. The third kappa shape index (κ3) is 2.66. The zero-order valence-electron chi connectivity index (χ0n) is 14.5. The normalized spacial score (nSPS) is 23.5. The Morgan fingerprint density at radius 3 is 1.67 bits per heavy atom. The Hall–Kier alpha value is -1.70. The van der Waals surface area contributed by atoms with Crippen molar-refractivity contribution in [3.8, 4) is 0 Å². The summed E-state index contributed by atoms with van der Waals surface area (Å²) in [5.41, 5.74) is 5.95. The molecule has 0 spiro atoms. The van der Waals surface area contributed by atoms with Crippen LogP contribution in [0.4, 0.5) is 0 Å². The minimum absolute atomic E-state index is 0.450. The largest absolute Gasteiger partial charge is 0.298 e. The Kier molecular flexibility index (Phi) is 4.39. The number of benzene rings is 1. The Morgan fingerprint density at radius 1 is 0.583 bits per heavy atom. The number of fused-ring (bicyclic) bond motifs is 1. The maximum atomic E-state index is 8.79. The van der Waals surface area contributed by atoms with Crippen molar-refractivity contribution in [2.45, 2.75) is 64.2 Å². The highest BCUT2D eigenvalue weighted by Gasteiger charge is 2.35. The molecule has 0 heterocycles. The van der Waals surface area contributed by atoms with Crippen LogP contribution in [0.1, 0.15) is 75.3 Å². The van der Waals surface area contributed by atoms with Crippen molar-refractivity contribution < 1.29 is 0 Å². The van der Waals surface area contributed by atoms with Gasteiger partial charge in [-0.25, -0.2) is 0 Å². The van der Waals surface area contributed by atoms with E-state index in [9.17, 15) is 0 Å². The van der Waals surface area contributed by atoms with Gasteiger partial charge in [0.15, 0.2) is 0 Å². The molecule has 3 aliphatic carbocycles. The van der Waals surface area contributed by atoms with E-state index in [2.05, 4.69) is 12.1 Å². The summed E-state index contributed by atoms with van der Waals surface area (Å²) in [5, 5.41) is 17.4. The van der Waals surface area contributed by atoms with Crippen molar-refractivity contribution in [2.24, 2.45) is 11.8 Å². The molecule has 0 aliphatic heterocycles. The lowest BCUT2D eigenvalue weighted by Crippen LogP contribution is -2.31. The maximum absolute atomic E-state index is 8.79. The number of hydrogen-bond donors (Lipinski definition) is 2. The molecule has 126 valence electrons. The van der Waals surface area contributed by atoms with Gasteiger partial charge >= 0.3 is 0 Å². The fraction of sp³-hybridized carbons (Fsp3) is 0.545. The molecule has 0 aromatic heterocycles. The van der Waals surface area contributed by atoms with Crippen LogP contribution in [0, 0.1) is 22.7 Å². The highest BCUT2D eigenvalue weighted by Crippen LogP contribution is 2.45. The van der Waals surface area contributed by atoms with E-state index >= 15 is 0 Å². The van der Waals surface area contributed by atoms with Crippen molar-refractivity contribution in [3.05, 3.63) is 41.0 Å². The van der Waals surface area contributed by atoms with Crippen LogP contribution in [0.15, 0.2) is 29.8 Å². The third-order valence-electron chi connectivity index (χ3n) is 6.32. The van der Waals surface area contributed by atoms with E-state index in [0.29, 0.717) is 23.3 Å². The molecule has 0 unspecified atom stereocenters. The summed E-state index contributed by atoms with van der Waals surface area (Å²) in [7, 11) is 0. The fourth-order valence-corrected chi connectivity index (χ4v) is 5.13. The molecule has 4 rings (SSSR count). The molecule has 0 radical (unpaired) electrons. The lowest BCUT2D eigenvalue weighted by molar-refractivity contribution is 0.401. The first kappa shape index (κ1) is 15.8. The molecule has 2 N–H and O–H groups in total. The van der Waals surface area contributed by atoms with Gasteiger partial charge in [-0.15, -0.1) is 0 Å². The van der Waals surface area contributed by atoms with Crippen molar-refractivity contribution in [2.75, 3.05) is 0 Å². The first-order valence-electron chi connectivity index (χ1n) is 9.79. The Bertz CT molecular complexity index is 686. The lowest BCUT2D eigenvalue weighted by atomic mass is 9.68. The van der Waals surface area contributed by atoms with Crippen LogP contribution in [-0.2, 0) is 0 Å². The number of rotatable bonds is 2. The second-order valence-corrected chi connectivity index (χ2v) is 7.79. The van der Waals surface area contributed by atoms with Gasteiger partial charge in [-0.1, -0.05) is 62.8 Å². The lowest BCUT2D eigenvalue weighted by Gasteiger charge is -2.36. The maximum Gasteiger partial charge on any atom is 0.0870 e. The second kappa shape index (κ2) is 6.66. The van der Waals surface area contributed by atoms with E-state index in [-0.39, 0.29) is 0 Å². The highest BCUT2D eigenvalue weighted by molar-refractivity contribution is 6.54. The quantitative estimate of drug-likeness (QED) is 0.671. The minimum atomic E-state index is 0.450. The molecule has 24 heavy (non-hydrogen) atoms. The Balaban J connectivity index is 1.88. The zero-order valence-corrected chi connectivity index (χ0v) is 14.5. The van der Waals surface area contributed by atoms with Crippen LogP contribution >= 0.6 is 0 Å². The molecule has 0 atom stereocenters. The number of allylic oxidation sites excluding steroid dienone is 2. The van der Waals surface area contributed by atoms with E-state index < -0.39 is 0 Å². The fourth-order valence-electron chi connectivity index (χ4n) is 5.13. The molecular formula is C22H28N2. The molecular weight excluding hydrogens is 292 g/mol. The Morgan fingerprint density at radius 2 is 1.08 bits per heavy atom. The van der Waals surface area contributed by atoms with Gasteiger partial charge < -0.3 is 0 Å². The van der Waals surface area contributed by atoms with Crippen molar-refractivity contribution >= 4 is 17.0 Å². The third-order valence-corrected chi connectivity index (χ3v) is 6.32. The summed E-state index contributed by atoms with van der Waals surface area (Å²) in [4.78, 5) is 0. The van der Waals surface area contributed by atoms with Crippen molar-refractivity contribution in [3.63, 3.8) is 0 Å². The average Bonchev–Trinajstić information content (AvgIpc) is 2.66. The molecule has 2 nitrogen and oxygen atoms in total. The molecule has 2 heteroatoms. The Labute approximate surface area is 145 Å². The predicted octanol–water partition coefficient (Wildman–Crippen LogP) is 6.00. The smallest absolute Gasteiger partial charge is 0.0870 e. The van der Waals surface area contributed by atoms with Gasteiger partial charge in [0.1, 0.15) is 0 Å². The van der Waals surface area contributed by atoms with Crippen LogP contribution in [0.3, 0.4) is 0 Å². The van der Waals surface area contributed by atoms with Gasteiger partial charge in [0.25, 0.3) is 0 Å². The summed E-state index contributed by atoms with van der Waals surface area (Å²) < 4.78 is 0. The van der Waals surface area contributed by atoms with Crippen LogP contribution in [0.2, 0.25) is 0 Å². The average molecular weight is 320 g/mol. The summed E-state index contributed by atoms with van der Waals surface area (Å²) in [6, 6.07) is 8.39. The van der Waals surface area contributed by atoms with Gasteiger partial charge in [0.05, 0.1) is 11.4 Å². The van der Waals surface area contributed by atoms with Crippen LogP contribution < -0.4 is 0 Å². The predicted molar refractivity (Wildman–Crippen MR) is 101 cm³/mol. The summed E-state index contributed by atoms with van der Waals surface area (Å²) in [5.74, 6) is 1.11. The van der Waals surface area contributed by atoms with E-state index in [1.807, 2.05) is 12.1 Å². The zero-order chi connectivity index (χ0) is 16.5. The molecule has 0 bridgehead atoms. The van der Waals surface area contributed by atoms with Gasteiger partial charge in [-0.05, 0) is 54.2 Å². The molecule has 1 aromatic rings. The van der Waals surface area contributed by atoms with Crippen LogP contribution in [0.5, 0.6) is 0 Å². The van der Waals surface area contributed by atoms with E-state index in [0.717, 1.165) is 5.56 Å². The van der Waals surface area contributed by atoms with Gasteiger partial charge in [0.2, 0.25) is 0 Å². The summed E-state index contributed by atoms with van der Waals surface area (Å²) in [6.45, 7) is 0. The monoisotopic (exact) mass is 320 g/mol. The topological polar surface area (TPSA) is 47.7 Å². The van der Waals surface area contributed by atoms with E-state index in [1.165, 1.54) is 80.9 Å². The molecule has 0 amide bonds. The molecule has 1 aromatic carbocycles. The van der Waals surface area contributed by atoms with Crippen molar-refractivity contribution in [1.82, 2.24) is 0 Å². The molecule has 2 saturated carbocycles. The first-order valence-corrected chi connectivity index (χ1v) is 9.79. The minimum Gasteiger partial charge on any atom is -0.298 e. The van der Waals surface area contributed by atoms with E-state index in [1.54, 1.807) is 0 Å².